The van der Waals surface area contributed by atoms with Crippen molar-refractivity contribution in [1.82, 2.24) is 14.9 Å². The topological polar surface area (TPSA) is 78.5 Å². The van der Waals surface area contributed by atoms with Gasteiger partial charge in [0.15, 0.2) is 0 Å². The van der Waals surface area contributed by atoms with Gasteiger partial charge in [-0.15, -0.1) is 0 Å². The van der Waals surface area contributed by atoms with Crippen molar-refractivity contribution < 1.29 is 9.84 Å². The van der Waals surface area contributed by atoms with Crippen molar-refractivity contribution in [1.29, 1.82) is 0 Å². The van der Waals surface area contributed by atoms with Gasteiger partial charge in [-0.25, -0.2) is 4.98 Å². The van der Waals surface area contributed by atoms with Crippen molar-refractivity contribution in [2.75, 3.05) is 26.8 Å². The molecule has 2 N–H and O–H groups in total. The van der Waals surface area contributed by atoms with Gasteiger partial charge in [0.05, 0.1) is 24.0 Å². The third-order valence-corrected chi connectivity index (χ3v) is 4.64. The Kier molecular flexibility index (Phi) is 5.63. The fourth-order valence-electron chi connectivity index (χ4n) is 3.30. The number of nitrogens with zero attached hydrogens (tertiary/aromatic N) is 2. The summed E-state index contributed by atoms with van der Waals surface area (Å²) in [4.78, 5) is 22.2. The predicted molar refractivity (Wildman–Crippen MR) is 95.7 cm³/mol. The third-order valence-electron chi connectivity index (χ3n) is 4.64. The normalized spacial score (nSPS) is 15.8. The molecule has 0 saturated carbocycles. The van der Waals surface area contributed by atoms with Crippen LogP contribution in [0.15, 0.2) is 29.1 Å². The molecule has 0 fully saturated rings. The molecular weight excluding hydrogens is 318 g/mol. The average Bonchev–Trinajstić information content (AvgIpc) is 2.58. The fraction of sp³-hybridized carbons (Fsp3) is 0.474. The molecule has 0 aliphatic carbocycles. The van der Waals surface area contributed by atoms with Gasteiger partial charge in [-0.1, -0.05) is 24.3 Å². The van der Waals surface area contributed by atoms with Crippen LogP contribution in [-0.4, -0.2) is 52.9 Å². The first kappa shape index (κ1) is 17.8. The quantitative estimate of drug-likeness (QED) is 0.819. The van der Waals surface area contributed by atoms with Crippen molar-refractivity contribution in [3.05, 3.63) is 62.8 Å². The van der Waals surface area contributed by atoms with Crippen molar-refractivity contribution in [2.45, 2.75) is 32.4 Å². The molecule has 1 atom stereocenters. The second-order valence-electron chi connectivity index (χ2n) is 6.64. The minimum absolute atomic E-state index is 0.0699. The molecule has 1 aliphatic rings. The van der Waals surface area contributed by atoms with Gasteiger partial charge < -0.3 is 14.8 Å². The molecule has 25 heavy (non-hydrogen) atoms. The zero-order valence-electron chi connectivity index (χ0n) is 14.8. The number of aromatic amines is 1. The molecule has 1 aromatic heterocycles. The van der Waals surface area contributed by atoms with E-state index >= 15 is 0 Å². The van der Waals surface area contributed by atoms with E-state index in [4.69, 9.17) is 9.72 Å². The largest absolute Gasteiger partial charge is 0.389 e. The van der Waals surface area contributed by atoms with E-state index in [1.165, 1.54) is 11.1 Å². The summed E-state index contributed by atoms with van der Waals surface area (Å²) in [6.45, 7) is 4.16. The molecule has 0 spiro atoms. The van der Waals surface area contributed by atoms with Crippen LogP contribution in [0.4, 0.5) is 0 Å². The summed E-state index contributed by atoms with van der Waals surface area (Å²) in [6, 6.07) is 8.14. The molecule has 6 heteroatoms. The van der Waals surface area contributed by atoms with Gasteiger partial charge in [0.1, 0.15) is 5.82 Å². The zero-order chi connectivity index (χ0) is 17.8. The molecule has 0 bridgehead atoms. The van der Waals surface area contributed by atoms with E-state index in [9.17, 15) is 9.90 Å². The molecule has 3 rings (SSSR count). The highest BCUT2D eigenvalue weighted by molar-refractivity contribution is 5.29. The second kappa shape index (κ2) is 7.91. The number of H-pyrrole nitrogens is 1. The Morgan fingerprint density at radius 1 is 1.40 bits per heavy atom. The van der Waals surface area contributed by atoms with Crippen LogP contribution in [0, 0.1) is 6.92 Å². The predicted octanol–water partition coefficient (Wildman–Crippen LogP) is 1.03. The summed E-state index contributed by atoms with van der Waals surface area (Å²) in [5.41, 5.74) is 3.89. The fourth-order valence-corrected chi connectivity index (χ4v) is 3.30. The highest BCUT2D eigenvalue weighted by Crippen LogP contribution is 2.16. The Morgan fingerprint density at radius 3 is 2.96 bits per heavy atom. The molecule has 0 saturated heterocycles. The molecule has 1 aliphatic heterocycles. The lowest BCUT2D eigenvalue weighted by Gasteiger charge is -2.29. The van der Waals surface area contributed by atoms with Crippen LogP contribution in [0.3, 0.4) is 0 Å². The van der Waals surface area contributed by atoms with Crippen molar-refractivity contribution in [2.24, 2.45) is 0 Å². The van der Waals surface area contributed by atoms with Gasteiger partial charge in [0.2, 0.25) is 0 Å². The molecule has 0 radical (unpaired) electrons. The highest BCUT2D eigenvalue weighted by atomic mass is 16.5. The van der Waals surface area contributed by atoms with Gasteiger partial charge >= 0.3 is 0 Å². The maximum atomic E-state index is 12.5. The Bertz CT molecular complexity index is 788. The first-order chi connectivity index (χ1) is 12.1. The number of benzene rings is 1. The van der Waals surface area contributed by atoms with Crippen LogP contribution in [0.25, 0.3) is 0 Å². The van der Waals surface area contributed by atoms with Crippen molar-refractivity contribution >= 4 is 0 Å². The number of rotatable bonds is 6. The summed E-state index contributed by atoms with van der Waals surface area (Å²) in [7, 11) is 1.57. The maximum absolute atomic E-state index is 12.5. The molecular formula is C19H25N3O3. The van der Waals surface area contributed by atoms with Gasteiger partial charge in [-0.05, 0) is 18.1 Å². The number of methoxy groups -OCH3 is 1. The summed E-state index contributed by atoms with van der Waals surface area (Å²) < 4.78 is 4.96. The smallest absolute Gasteiger partial charge is 0.255 e. The summed E-state index contributed by atoms with van der Waals surface area (Å²) >= 11 is 0. The summed E-state index contributed by atoms with van der Waals surface area (Å²) in [5, 5.41) is 9.88. The number of hydrogen-bond donors (Lipinski definition) is 2. The number of nitrogens with one attached hydrogen (secondary N) is 1. The molecule has 1 unspecified atom stereocenters. The van der Waals surface area contributed by atoms with E-state index in [0.29, 0.717) is 37.5 Å². The van der Waals surface area contributed by atoms with E-state index in [2.05, 4.69) is 28.9 Å². The van der Waals surface area contributed by atoms with Crippen LogP contribution in [0.2, 0.25) is 0 Å². The van der Waals surface area contributed by atoms with E-state index in [1.807, 2.05) is 12.1 Å². The monoisotopic (exact) mass is 343 g/mol. The number of hydrogen-bond acceptors (Lipinski definition) is 5. The molecule has 134 valence electrons. The van der Waals surface area contributed by atoms with Crippen LogP contribution in [0.5, 0.6) is 0 Å². The highest BCUT2D eigenvalue weighted by Gasteiger charge is 2.22. The Balaban J connectivity index is 1.75. The SMILES string of the molecule is COCC(O)CN1CCc2nc(Cc3ccccc3C)[nH]c(=O)c2C1. The zero-order valence-corrected chi connectivity index (χ0v) is 14.8. The van der Waals surface area contributed by atoms with Gasteiger partial charge in [-0.2, -0.15) is 0 Å². The van der Waals surface area contributed by atoms with Gasteiger partial charge in [0.25, 0.3) is 5.56 Å². The Labute approximate surface area is 147 Å². The minimum atomic E-state index is -0.543. The summed E-state index contributed by atoms with van der Waals surface area (Å²) in [6.07, 6.45) is 0.810. The second-order valence-corrected chi connectivity index (χ2v) is 6.64. The third kappa shape index (κ3) is 4.34. The lowest BCUT2D eigenvalue weighted by Crippen LogP contribution is -2.41. The van der Waals surface area contributed by atoms with E-state index < -0.39 is 6.10 Å². The number of aromatic nitrogens is 2. The van der Waals surface area contributed by atoms with Gasteiger partial charge in [-0.3, -0.25) is 9.69 Å². The van der Waals surface area contributed by atoms with Gasteiger partial charge in [0, 0.05) is 39.6 Å². The van der Waals surface area contributed by atoms with Crippen LogP contribution < -0.4 is 5.56 Å². The Morgan fingerprint density at radius 2 is 2.20 bits per heavy atom. The van der Waals surface area contributed by atoms with E-state index in [1.54, 1.807) is 7.11 Å². The van der Waals surface area contributed by atoms with Crippen LogP contribution in [-0.2, 0) is 24.1 Å². The van der Waals surface area contributed by atoms with Crippen LogP contribution in [0.1, 0.15) is 28.2 Å². The maximum Gasteiger partial charge on any atom is 0.255 e. The summed E-state index contributed by atoms with van der Waals surface area (Å²) in [5.74, 6) is 0.714. The number of ether oxygens (including phenoxy) is 1. The Hall–Kier alpha value is -2.02. The minimum Gasteiger partial charge on any atom is -0.389 e. The number of aliphatic hydroxyl groups is 1. The molecule has 0 amide bonds. The molecule has 1 aromatic carbocycles. The number of aryl methyl sites for hydroxylation is 1. The lowest BCUT2D eigenvalue weighted by molar-refractivity contribution is 0.0343. The first-order valence-corrected chi connectivity index (χ1v) is 8.61. The average molecular weight is 343 g/mol. The standard InChI is InChI=1S/C19H25N3O3/c1-13-5-3-4-6-14(13)9-18-20-17-7-8-22(10-15(23)12-25-2)11-16(17)19(24)21-18/h3-6,15,23H,7-12H2,1-2H3,(H,20,21,24). The molecule has 2 heterocycles. The lowest BCUT2D eigenvalue weighted by atomic mass is 10.0. The van der Waals surface area contributed by atoms with Crippen molar-refractivity contribution in [3.8, 4) is 0 Å². The van der Waals surface area contributed by atoms with E-state index in [-0.39, 0.29) is 5.56 Å². The van der Waals surface area contributed by atoms with E-state index in [0.717, 1.165) is 18.7 Å². The first-order valence-electron chi connectivity index (χ1n) is 8.61. The molecule has 2 aromatic rings. The number of aliphatic hydroxyl groups excluding tert-OH is 1. The van der Waals surface area contributed by atoms with Crippen molar-refractivity contribution in [3.63, 3.8) is 0 Å². The van der Waals surface area contributed by atoms with Crippen LogP contribution >= 0.6 is 0 Å². The molecule has 6 nitrogen and oxygen atoms in total. The number of β-amino-alcohol motifs (C(OH)–C–C–N with tert-alkyl or cyclic N) is 1. The number of fused-ring (bicyclic) bond motifs is 1.